The fourth-order valence-corrected chi connectivity index (χ4v) is 9.38. The van der Waals surface area contributed by atoms with Crippen LogP contribution in [0.4, 0.5) is 5.69 Å². The Labute approximate surface area is 323 Å². The van der Waals surface area contributed by atoms with Crippen LogP contribution in [0, 0.1) is 25.7 Å². The Bertz CT molecular complexity index is 1950. The summed E-state index contributed by atoms with van der Waals surface area (Å²) in [6, 6.07) is 20.9. The van der Waals surface area contributed by atoms with Gasteiger partial charge in [-0.2, -0.15) is 0 Å². The molecule has 8 atom stereocenters. The minimum atomic E-state index is -1.58. The summed E-state index contributed by atoms with van der Waals surface area (Å²) in [5, 5.41) is 14.0. The van der Waals surface area contributed by atoms with E-state index in [0.29, 0.717) is 27.7 Å². The third-order valence-corrected chi connectivity index (χ3v) is 11.6. The number of anilines is 1. The second kappa shape index (κ2) is 15.6. The number of halogens is 1. The van der Waals surface area contributed by atoms with Crippen LogP contribution in [0.15, 0.2) is 102 Å². The van der Waals surface area contributed by atoms with E-state index in [1.54, 1.807) is 35.2 Å². The lowest BCUT2D eigenvalue weighted by atomic mass is 9.74. The molecule has 2 fully saturated rings. The molecular weight excluding hydrogens is 754 g/mol. The van der Waals surface area contributed by atoms with Gasteiger partial charge in [0.05, 0.1) is 31.2 Å². The minimum absolute atomic E-state index is 0.0409. The van der Waals surface area contributed by atoms with Gasteiger partial charge in [-0.05, 0) is 48.6 Å². The van der Waals surface area contributed by atoms with Crippen molar-refractivity contribution < 1.29 is 38.5 Å². The Morgan fingerprint density at radius 3 is 2.28 bits per heavy atom. The number of carbonyl (C=O) groups excluding carboxylic acids is 4. The van der Waals surface area contributed by atoms with Crippen LogP contribution in [0.2, 0.25) is 0 Å². The zero-order chi connectivity index (χ0) is 38.1. The first-order chi connectivity index (χ1) is 26.1. The molecule has 0 aromatic heterocycles. The number of aryl methyl sites for hydroxylation is 2. The molecule has 4 aliphatic heterocycles. The van der Waals surface area contributed by atoms with Crippen LogP contribution in [0.3, 0.4) is 0 Å². The highest BCUT2D eigenvalue weighted by Gasteiger charge is 2.75. The fourth-order valence-electron chi connectivity index (χ4n) is 8.65. The van der Waals surface area contributed by atoms with Gasteiger partial charge < -0.3 is 34.4 Å². The molecule has 282 valence electrons. The minimum Gasteiger partial charge on any atom is -0.455 e. The summed E-state index contributed by atoms with van der Waals surface area (Å²) in [6.07, 6.45) is 4.07. The Morgan fingerprint density at radius 1 is 0.926 bits per heavy atom. The number of fused-ring (bicyclic) bond motifs is 2. The molecule has 0 unspecified atom stereocenters. The van der Waals surface area contributed by atoms with Gasteiger partial charge in [0.25, 0.3) is 5.91 Å². The normalized spacial score (nSPS) is 29.8. The highest BCUT2D eigenvalue weighted by Crippen LogP contribution is 2.60. The zero-order valence-electron chi connectivity index (χ0n) is 30.4. The highest BCUT2D eigenvalue weighted by atomic mass is 79.9. The number of nitrogens with one attached hydrogen (secondary N) is 1. The number of para-hydroxylation sites is 1. The highest BCUT2D eigenvalue weighted by molar-refractivity contribution is 9.11. The molecule has 0 saturated carbocycles. The number of allylic oxidation sites excluding steroid dienone is 1. The number of hydrogen-bond acceptors (Lipinski definition) is 8. The monoisotopic (exact) mass is 797 g/mol. The van der Waals surface area contributed by atoms with E-state index >= 15 is 9.59 Å². The number of aliphatic hydroxyl groups excluding tert-OH is 1. The fraction of sp³-hybridized carbons (Fsp3) is 0.381. The molecule has 12 heteroatoms. The van der Waals surface area contributed by atoms with Crippen molar-refractivity contribution in [3.05, 3.63) is 124 Å². The number of esters is 1. The van der Waals surface area contributed by atoms with Gasteiger partial charge in [0.2, 0.25) is 11.8 Å². The number of methoxy groups -OCH3 is 1. The molecule has 1 spiro atoms. The van der Waals surface area contributed by atoms with Gasteiger partial charge in [-0.3, -0.25) is 19.2 Å². The van der Waals surface area contributed by atoms with E-state index < -0.39 is 72.2 Å². The molecule has 0 aliphatic carbocycles. The number of amides is 3. The summed E-state index contributed by atoms with van der Waals surface area (Å²) < 4.78 is 19.2. The van der Waals surface area contributed by atoms with Crippen molar-refractivity contribution in [2.24, 2.45) is 11.8 Å². The van der Waals surface area contributed by atoms with Crippen molar-refractivity contribution in [2.45, 2.75) is 62.6 Å². The smallest absolute Gasteiger partial charge is 0.313 e. The Morgan fingerprint density at radius 2 is 1.61 bits per heavy atom. The molecule has 54 heavy (non-hydrogen) atoms. The zero-order valence-corrected chi connectivity index (χ0v) is 32.0. The van der Waals surface area contributed by atoms with Crippen LogP contribution in [0.5, 0.6) is 0 Å². The summed E-state index contributed by atoms with van der Waals surface area (Å²) in [4.78, 5) is 61.9. The average Bonchev–Trinajstić information content (AvgIpc) is 3.76. The van der Waals surface area contributed by atoms with Crippen molar-refractivity contribution >= 4 is 45.3 Å². The molecule has 4 heterocycles. The van der Waals surface area contributed by atoms with Gasteiger partial charge in [0, 0.05) is 30.2 Å². The summed E-state index contributed by atoms with van der Waals surface area (Å²) >= 11 is 3.64. The number of benzene rings is 3. The lowest BCUT2D eigenvalue weighted by molar-refractivity contribution is -0.162. The molecule has 2 saturated heterocycles. The maximum absolute atomic E-state index is 15.5. The summed E-state index contributed by atoms with van der Waals surface area (Å²) in [5.74, 6) is -4.26. The summed E-state index contributed by atoms with van der Waals surface area (Å²) in [7, 11) is 1.51. The van der Waals surface area contributed by atoms with Gasteiger partial charge in [-0.1, -0.05) is 107 Å². The number of nitrogens with zero attached hydrogens (tertiary/aromatic N) is 2. The second-order valence-electron chi connectivity index (χ2n) is 14.3. The van der Waals surface area contributed by atoms with Crippen LogP contribution in [-0.2, 0) is 33.4 Å². The number of rotatable bonds is 7. The number of likely N-dealkylation sites (tertiary alicyclic amines) is 1. The Kier molecular flexibility index (Phi) is 10.9. The van der Waals surface area contributed by atoms with Gasteiger partial charge in [-0.25, -0.2) is 0 Å². The SMILES string of the molecule is COC[C@@H]1NC(=O)CC/C=C\CN(c2c(C)cccc2C)C(=O)[C@H]2N([C@H](CO)c3ccccc3)C(=O)[C@@H]3[C@@H](C(=O)O[C@H]1c1ccccc1)[C@@H]1O[C@@]32C=C1Br. The van der Waals surface area contributed by atoms with Crippen molar-refractivity contribution in [1.29, 1.82) is 0 Å². The van der Waals surface area contributed by atoms with Crippen LogP contribution in [0.25, 0.3) is 0 Å². The summed E-state index contributed by atoms with van der Waals surface area (Å²) in [5.41, 5.74) is 2.04. The lowest BCUT2D eigenvalue weighted by Gasteiger charge is -2.39. The lowest BCUT2D eigenvalue weighted by Crippen LogP contribution is -2.57. The first kappa shape index (κ1) is 37.7. The van der Waals surface area contributed by atoms with E-state index in [1.807, 2.05) is 80.6 Å². The molecule has 3 aromatic carbocycles. The van der Waals surface area contributed by atoms with Gasteiger partial charge in [-0.15, -0.1) is 0 Å². The Balaban J connectivity index is 1.41. The van der Waals surface area contributed by atoms with Gasteiger partial charge in [0.15, 0.2) is 0 Å². The molecule has 4 aliphatic rings. The van der Waals surface area contributed by atoms with E-state index in [1.165, 1.54) is 12.0 Å². The van der Waals surface area contributed by atoms with E-state index in [4.69, 9.17) is 14.2 Å². The maximum Gasteiger partial charge on any atom is 0.313 e. The molecule has 11 nitrogen and oxygen atoms in total. The molecule has 0 radical (unpaired) electrons. The first-order valence-corrected chi connectivity index (χ1v) is 19.0. The molecule has 7 rings (SSSR count). The van der Waals surface area contributed by atoms with E-state index in [9.17, 15) is 14.7 Å². The van der Waals surface area contributed by atoms with Crippen LogP contribution in [-0.4, -0.2) is 84.4 Å². The van der Waals surface area contributed by atoms with Crippen LogP contribution in [0.1, 0.15) is 47.2 Å². The first-order valence-electron chi connectivity index (χ1n) is 18.2. The Hall–Kier alpha value is -4.62. The molecular formula is C42H44BrN3O8. The predicted molar refractivity (Wildman–Crippen MR) is 204 cm³/mol. The molecule has 3 amide bonds. The second-order valence-corrected chi connectivity index (χ2v) is 15.2. The maximum atomic E-state index is 15.5. The number of hydrogen-bond donors (Lipinski definition) is 2. The van der Waals surface area contributed by atoms with Crippen molar-refractivity contribution in [3.8, 4) is 0 Å². The standard InChI is InChI=1S/C42H44BrN3O8/c1-25-14-13-15-26(2)35(25)45-21-12-6-11-20-32(48)44-30(24-52-3)36(28-18-9-5-10-19-28)53-41(51)33-34-39(49)46(31(23-47)27-16-7-4-8-17-27)38(40(45)50)42(34)22-29(43)37(33)54-42/h4-10,12-19,22,30-31,33-34,36-38,47H,11,20-21,23-24H2,1-3H3,(H,44,48)/b12-6-/t30-,31+,33+,34-,36-,37+,38+,42-/m0/s1. The largest absolute Gasteiger partial charge is 0.455 e. The van der Waals surface area contributed by atoms with Crippen molar-refractivity contribution in [1.82, 2.24) is 10.2 Å². The topological polar surface area (TPSA) is 135 Å². The van der Waals surface area contributed by atoms with E-state index in [2.05, 4.69) is 21.2 Å². The average molecular weight is 799 g/mol. The third kappa shape index (κ3) is 6.59. The van der Waals surface area contributed by atoms with Crippen molar-refractivity contribution in [3.63, 3.8) is 0 Å². The summed E-state index contributed by atoms with van der Waals surface area (Å²) in [6.45, 7) is 3.53. The number of aliphatic hydroxyl groups is 1. The van der Waals surface area contributed by atoms with Crippen LogP contribution >= 0.6 is 15.9 Å². The number of ether oxygens (including phenoxy) is 3. The van der Waals surface area contributed by atoms with Crippen LogP contribution < -0.4 is 10.2 Å². The van der Waals surface area contributed by atoms with Crippen molar-refractivity contribution in [2.75, 3.05) is 31.8 Å². The molecule has 3 aromatic rings. The quantitative estimate of drug-likeness (QED) is 0.252. The third-order valence-electron chi connectivity index (χ3n) is 11.0. The van der Waals surface area contributed by atoms with Gasteiger partial charge in [0.1, 0.15) is 29.8 Å². The van der Waals surface area contributed by atoms with E-state index in [-0.39, 0.29) is 25.5 Å². The number of carbonyl (C=O) groups is 4. The molecule has 5 bridgehead atoms. The van der Waals surface area contributed by atoms with E-state index in [0.717, 1.165) is 11.1 Å². The molecule has 2 N–H and O–H groups in total. The predicted octanol–water partition coefficient (Wildman–Crippen LogP) is 5.01. The number of cyclic esters (lactones) is 1. The van der Waals surface area contributed by atoms with Gasteiger partial charge >= 0.3 is 5.97 Å².